The lowest BCUT2D eigenvalue weighted by Crippen LogP contribution is -2.23. The molecule has 21 heavy (non-hydrogen) atoms. The first kappa shape index (κ1) is 14.8. The van der Waals surface area contributed by atoms with Gasteiger partial charge in [-0.25, -0.2) is 4.98 Å². The van der Waals surface area contributed by atoms with Crippen LogP contribution in [0.5, 0.6) is 0 Å². The van der Waals surface area contributed by atoms with Crippen LogP contribution in [-0.2, 0) is 17.9 Å². The van der Waals surface area contributed by atoms with Gasteiger partial charge in [0.1, 0.15) is 0 Å². The highest BCUT2D eigenvalue weighted by Gasteiger charge is 2.13. The molecule has 4 heteroatoms. The van der Waals surface area contributed by atoms with E-state index in [4.69, 9.17) is 0 Å². The minimum Gasteiger partial charge on any atom is -0.347 e. The van der Waals surface area contributed by atoms with Crippen molar-refractivity contribution >= 4 is 5.91 Å². The average Bonchev–Trinajstić information content (AvgIpc) is 2.88. The quantitative estimate of drug-likeness (QED) is 0.653. The van der Waals surface area contributed by atoms with Gasteiger partial charge in [-0.3, -0.25) is 4.79 Å². The van der Waals surface area contributed by atoms with E-state index in [-0.39, 0.29) is 5.91 Å². The number of nitrogens with zero attached hydrogens (tertiary/aromatic N) is 2. The largest absolute Gasteiger partial charge is 0.347 e. The Hall–Kier alpha value is -2.62. The van der Waals surface area contributed by atoms with Gasteiger partial charge in [0, 0.05) is 17.7 Å². The van der Waals surface area contributed by atoms with Gasteiger partial charge in [-0.15, -0.1) is 6.58 Å². The summed E-state index contributed by atoms with van der Waals surface area (Å²) in [5, 5.41) is 2.82. The molecule has 0 atom stereocenters. The van der Waals surface area contributed by atoms with Crippen molar-refractivity contribution in [3.8, 4) is 11.3 Å². The van der Waals surface area contributed by atoms with Crippen LogP contribution in [0.4, 0.5) is 0 Å². The molecule has 0 aliphatic carbocycles. The molecule has 1 aromatic carbocycles. The van der Waals surface area contributed by atoms with Gasteiger partial charge >= 0.3 is 0 Å². The molecule has 0 saturated heterocycles. The number of benzene rings is 1. The maximum absolute atomic E-state index is 11.6. The number of hydrogen-bond acceptors (Lipinski definition) is 2. The molecule has 108 valence electrons. The van der Waals surface area contributed by atoms with Crippen LogP contribution in [0.3, 0.4) is 0 Å². The van der Waals surface area contributed by atoms with Gasteiger partial charge in [0.25, 0.3) is 0 Å². The van der Waals surface area contributed by atoms with Crippen LogP contribution in [0, 0.1) is 0 Å². The summed E-state index contributed by atoms with van der Waals surface area (Å²) in [5.41, 5.74) is 3.38. The fraction of sp³-hybridized carbons (Fsp3) is 0.176. The van der Waals surface area contributed by atoms with E-state index >= 15 is 0 Å². The van der Waals surface area contributed by atoms with Gasteiger partial charge in [0.05, 0.1) is 24.3 Å². The summed E-state index contributed by atoms with van der Waals surface area (Å²) in [6.07, 6.45) is 3.59. The van der Waals surface area contributed by atoms with E-state index in [2.05, 4.69) is 23.5 Å². The van der Waals surface area contributed by atoms with E-state index in [9.17, 15) is 4.79 Å². The van der Waals surface area contributed by atoms with E-state index in [1.165, 1.54) is 0 Å². The second kappa shape index (κ2) is 6.70. The molecular formula is C17H19N3O. The maximum atomic E-state index is 11.6. The Balaban J connectivity index is 2.31. The number of hydrogen-bond donors (Lipinski definition) is 1. The lowest BCUT2D eigenvalue weighted by Gasteiger charge is -2.09. The zero-order valence-electron chi connectivity index (χ0n) is 12.2. The fourth-order valence-corrected chi connectivity index (χ4v) is 2.07. The van der Waals surface area contributed by atoms with Crippen LogP contribution < -0.4 is 5.32 Å². The van der Waals surface area contributed by atoms with Crippen LogP contribution in [0.25, 0.3) is 11.3 Å². The number of aromatic nitrogens is 2. The summed E-state index contributed by atoms with van der Waals surface area (Å²) in [5.74, 6) is -0.160. The van der Waals surface area contributed by atoms with Gasteiger partial charge < -0.3 is 9.88 Å². The SMILES string of the molecule is C=CCn1cnc(CNC(=O)C(=C)C)c1-c1ccccc1. The summed E-state index contributed by atoms with van der Waals surface area (Å²) < 4.78 is 2.02. The fourth-order valence-electron chi connectivity index (χ4n) is 2.07. The average molecular weight is 281 g/mol. The first-order valence-electron chi connectivity index (χ1n) is 6.77. The molecule has 0 bridgehead atoms. The normalized spacial score (nSPS) is 10.1. The molecule has 2 rings (SSSR count). The number of allylic oxidation sites excluding steroid dienone is 1. The Morgan fingerprint density at radius 1 is 1.38 bits per heavy atom. The third-order valence-electron chi connectivity index (χ3n) is 3.09. The number of rotatable bonds is 6. The molecular weight excluding hydrogens is 262 g/mol. The van der Waals surface area contributed by atoms with Crippen LogP contribution in [0.15, 0.2) is 61.5 Å². The van der Waals surface area contributed by atoms with Crippen molar-refractivity contribution in [1.29, 1.82) is 0 Å². The number of nitrogens with one attached hydrogen (secondary N) is 1. The number of amides is 1. The van der Waals surface area contributed by atoms with Crippen molar-refractivity contribution in [2.24, 2.45) is 0 Å². The topological polar surface area (TPSA) is 46.9 Å². The molecule has 0 saturated carbocycles. The smallest absolute Gasteiger partial charge is 0.246 e. The second-order valence-corrected chi connectivity index (χ2v) is 4.81. The summed E-state index contributed by atoms with van der Waals surface area (Å²) in [4.78, 5) is 16.0. The van der Waals surface area contributed by atoms with Crippen molar-refractivity contribution in [2.45, 2.75) is 20.0 Å². The first-order valence-corrected chi connectivity index (χ1v) is 6.77. The molecule has 1 heterocycles. The summed E-state index contributed by atoms with van der Waals surface area (Å²) in [6.45, 7) is 10.1. The lowest BCUT2D eigenvalue weighted by molar-refractivity contribution is -0.117. The van der Waals surface area contributed by atoms with Gasteiger partial charge in [0.15, 0.2) is 0 Å². The van der Waals surface area contributed by atoms with Crippen molar-refractivity contribution in [2.75, 3.05) is 0 Å². The number of carbonyl (C=O) groups is 1. The zero-order chi connectivity index (χ0) is 15.2. The van der Waals surface area contributed by atoms with E-state index in [0.29, 0.717) is 18.7 Å². The van der Waals surface area contributed by atoms with Crippen molar-refractivity contribution in [1.82, 2.24) is 14.9 Å². The standard InChI is InChI=1S/C17H19N3O/c1-4-10-20-12-19-15(11-18-17(21)13(2)3)16(20)14-8-6-5-7-9-14/h4-9,12H,1-2,10-11H2,3H3,(H,18,21). The molecule has 0 fully saturated rings. The van der Waals surface area contributed by atoms with Crippen molar-refractivity contribution < 1.29 is 4.79 Å². The minimum absolute atomic E-state index is 0.160. The highest BCUT2D eigenvalue weighted by atomic mass is 16.1. The predicted octanol–water partition coefficient (Wildman–Crippen LogP) is 2.93. The Bertz CT molecular complexity index is 656. The molecule has 0 radical (unpaired) electrons. The van der Waals surface area contributed by atoms with E-state index in [1.807, 2.05) is 41.0 Å². The molecule has 2 aromatic rings. The monoisotopic (exact) mass is 281 g/mol. The third kappa shape index (κ3) is 3.48. The van der Waals surface area contributed by atoms with Gasteiger partial charge in [0.2, 0.25) is 5.91 Å². The molecule has 0 unspecified atom stereocenters. The van der Waals surface area contributed by atoms with Gasteiger partial charge in [-0.2, -0.15) is 0 Å². The van der Waals surface area contributed by atoms with Crippen molar-refractivity contribution in [3.05, 3.63) is 67.2 Å². The molecule has 0 aliphatic rings. The minimum atomic E-state index is -0.160. The highest BCUT2D eigenvalue weighted by molar-refractivity contribution is 5.92. The van der Waals surface area contributed by atoms with Crippen LogP contribution in [-0.4, -0.2) is 15.5 Å². The third-order valence-corrected chi connectivity index (χ3v) is 3.09. The summed E-state index contributed by atoms with van der Waals surface area (Å²) >= 11 is 0. The van der Waals surface area contributed by atoms with Gasteiger partial charge in [-0.05, 0) is 6.92 Å². The Kier molecular flexibility index (Phi) is 4.72. The van der Waals surface area contributed by atoms with Gasteiger partial charge in [-0.1, -0.05) is 43.0 Å². The summed E-state index contributed by atoms with van der Waals surface area (Å²) in [6, 6.07) is 10.00. The zero-order valence-corrected chi connectivity index (χ0v) is 12.2. The second-order valence-electron chi connectivity index (χ2n) is 4.81. The summed E-state index contributed by atoms with van der Waals surface area (Å²) in [7, 11) is 0. The van der Waals surface area contributed by atoms with E-state index in [1.54, 1.807) is 13.3 Å². The Labute approximate surface area is 124 Å². The number of imidazole rings is 1. The van der Waals surface area contributed by atoms with Crippen molar-refractivity contribution in [3.63, 3.8) is 0 Å². The lowest BCUT2D eigenvalue weighted by atomic mass is 10.1. The molecule has 4 nitrogen and oxygen atoms in total. The predicted molar refractivity (Wildman–Crippen MR) is 84.5 cm³/mol. The van der Waals surface area contributed by atoms with Crippen LogP contribution in [0.1, 0.15) is 12.6 Å². The molecule has 0 spiro atoms. The van der Waals surface area contributed by atoms with Crippen LogP contribution in [0.2, 0.25) is 0 Å². The first-order chi connectivity index (χ1) is 10.1. The van der Waals surface area contributed by atoms with E-state index in [0.717, 1.165) is 17.0 Å². The molecule has 1 N–H and O–H groups in total. The molecule has 1 amide bonds. The molecule has 1 aromatic heterocycles. The molecule has 0 aliphatic heterocycles. The van der Waals surface area contributed by atoms with Crippen LogP contribution >= 0.6 is 0 Å². The Morgan fingerprint density at radius 2 is 2.10 bits per heavy atom. The Morgan fingerprint density at radius 3 is 2.71 bits per heavy atom. The number of carbonyl (C=O) groups excluding carboxylic acids is 1. The van der Waals surface area contributed by atoms with E-state index < -0.39 is 0 Å². The highest BCUT2D eigenvalue weighted by Crippen LogP contribution is 2.23. The maximum Gasteiger partial charge on any atom is 0.246 e.